The zero-order valence-corrected chi connectivity index (χ0v) is 9.32. The van der Waals surface area contributed by atoms with Crippen molar-refractivity contribution in [3.63, 3.8) is 0 Å². The Balaban J connectivity index is 2.05. The number of halogens is 1. The van der Waals surface area contributed by atoms with E-state index in [9.17, 15) is 0 Å². The summed E-state index contributed by atoms with van der Waals surface area (Å²) in [7, 11) is 0. The molecule has 16 heavy (non-hydrogen) atoms. The lowest BCUT2D eigenvalue weighted by molar-refractivity contribution is 0.306. The minimum Gasteiger partial charge on any atom is -0.487 e. The Morgan fingerprint density at radius 2 is 2.06 bits per heavy atom. The number of hydrogen-bond acceptors (Lipinski definition) is 3. The average molecular weight is 235 g/mol. The molecule has 2 N–H and O–H groups in total. The van der Waals surface area contributed by atoms with E-state index in [4.69, 9.17) is 22.1 Å². The molecule has 0 spiro atoms. The summed E-state index contributed by atoms with van der Waals surface area (Å²) in [6.07, 6.45) is 3.31. The quantitative estimate of drug-likeness (QED) is 0.888. The summed E-state index contributed by atoms with van der Waals surface area (Å²) in [5.41, 5.74) is 7.16. The van der Waals surface area contributed by atoms with Gasteiger partial charge in [-0.2, -0.15) is 0 Å². The number of nitrogens with two attached hydrogens (primary N) is 1. The first-order valence-corrected chi connectivity index (χ1v) is 5.20. The van der Waals surface area contributed by atoms with Crippen molar-refractivity contribution in [3.8, 4) is 5.75 Å². The average Bonchev–Trinajstić information content (AvgIpc) is 2.28. The minimum atomic E-state index is 0.405. The van der Waals surface area contributed by atoms with Crippen LogP contribution in [0.2, 0.25) is 5.02 Å². The second-order valence-electron chi connectivity index (χ2n) is 3.35. The van der Waals surface area contributed by atoms with Crippen LogP contribution in [0.1, 0.15) is 5.56 Å². The van der Waals surface area contributed by atoms with Crippen LogP contribution < -0.4 is 10.5 Å². The lowest BCUT2D eigenvalue weighted by Crippen LogP contribution is -1.98. The number of para-hydroxylation sites is 1. The van der Waals surface area contributed by atoms with Gasteiger partial charge in [0.1, 0.15) is 12.4 Å². The molecule has 82 valence electrons. The highest BCUT2D eigenvalue weighted by molar-refractivity contribution is 6.32. The fourth-order valence-electron chi connectivity index (χ4n) is 1.31. The first-order chi connectivity index (χ1) is 7.75. The molecule has 3 nitrogen and oxygen atoms in total. The number of aromatic nitrogens is 1. The molecule has 0 fully saturated rings. The first-order valence-electron chi connectivity index (χ1n) is 4.82. The zero-order valence-electron chi connectivity index (χ0n) is 8.56. The molecule has 0 amide bonds. The molecule has 0 aliphatic rings. The van der Waals surface area contributed by atoms with Gasteiger partial charge in [0, 0.05) is 18.0 Å². The Hall–Kier alpha value is -1.74. The fraction of sp³-hybridized carbons (Fsp3) is 0.0833. The molecule has 0 saturated heterocycles. The van der Waals surface area contributed by atoms with Crippen molar-refractivity contribution in [3.05, 3.63) is 53.3 Å². The molecule has 0 saturated carbocycles. The second-order valence-corrected chi connectivity index (χ2v) is 3.75. The van der Waals surface area contributed by atoms with E-state index in [0.29, 0.717) is 23.1 Å². The van der Waals surface area contributed by atoms with Crippen LogP contribution in [-0.4, -0.2) is 4.98 Å². The summed E-state index contributed by atoms with van der Waals surface area (Å²) >= 11 is 5.96. The number of benzene rings is 1. The maximum absolute atomic E-state index is 5.96. The van der Waals surface area contributed by atoms with Crippen LogP contribution in [0.15, 0.2) is 42.7 Å². The summed E-state index contributed by atoms with van der Waals surface area (Å²) < 4.78 is 5.55. The molecular formula is C12H11ClN2O. The van der Waals surface area contributed by atoms with Gasteiger partial charge in [-0.1, -0.05) is 23.7 Å². The molecule has 0 radical (unpaired) electrons. The fourth-order valence-corrected chi connectivity index (χ4v) is 1.50. The van der Waals surface area contributed by atoms with Crippen LogP contribution in [-0.2, 0) is 6.61 Å². The van der Waals surface area contributed by atoms with Gasteiger partial charge in [0.15, 0.2) is 0 Å². The predicted octanol–water partition coefficient (Wildman–Crippen LogP) is 2.90. The zero-order chi connectivity index (χ0) is 11.4. The Morgan fingerprint density at radius 3 is 2.81 bits per heavy atom. The third-order valence-electron chi connectivity index (χ3n) is 2.05. The smallest absolute Gasteiger partial charge is 0.138 e. The number of rotatable bonds is 3. The third-order valence-corrected chi connectivity index (χ3v) is 2.36. The van der Waals surface area contributed by atoms with Crippen molar-refractivity contribution in [2.45, 2.75) is 6.61 Å². The van der Waals surface area contributed by atoms with Gasteiger partial charge in [0.2, 0.25) is 0 Å². The van der Waals surface area contributed by atoms with E-state index in [1.165, 1.54) is 0 Å². The molecule has 0 aliphatic carbocycles. The standard InChI is InChI=1S/C12H11ClN2O/c13-11-3-1-2-4-12(11)16-8-9-5-10(14)7-15-6-9/h1-7H,8,14H2. The van der Waals surface area contributed by atoms with Crippen LogP contribution >= 0.6 is 11.6 Å². The summed E-state index contributed by atoms with van der Waals surface area (Å²) in [5.74, 6) is 0.659. The van der Waals surface area contributed by atoms with Crippen molar-refractivity contribution in [2.24, 2.45) is 0 Å². The SMILES string of the molecule is Nc1cncc(COc2ccccc2Cl)c1. The van der Waals surface area contributed by atoms with Gasteiger partial charge in [-0.3, -0.25) is 4.98 Å². The van der Waals surface area contributed by atoms with E-state index >= 15 is 0 Å². The molecule has 1 heterocycles. The topological polar surface area (TPSA) is 48.1 Å². The van der Waals surface area contributed by atoms with Gasteiger partial charge in [-0.05, 0) is 18.2 Å². The maximum Gasteiger partial charge on any atom is 0.138 e. The van der Waals surface area contributed by atoms with E-state index in [1.54, 1.807) is 18.5 Å². The van der Waals surface area contributed by atoms with Gasteiger partial charge < -0.3 is 10.5 Å². The van der Waals surface area contributed by atoms with E-state index < -0.39 is 0 Å². The number of ether oxygens (including phenoxy) is 1. The van der Waals surface area contributed by atoms with Crippen LogP contribution in [0.25, 0.3) is 0 Å². The highest BCUT2D eigenvalue weighted by atomic mass is 35.5. The van der Waals surface area contributed by atoms with E-state index in [1.807, 2.05) is 24.3 Å². The summed E-state index contributed by atoms with van der Waals surface area (Å²) in [6, 6.07) is 9.16. The molecule has 0 atom stereocenters. The van der Waals surface area contributed by atoms with Gasteiger partial charge in [0.05, 0.1) is 10.7 Å². The van der Waals surface area contributed by atoms with Crippen molar-refractivity contribution < 1.29 is 4.74 Å². The molecule has 0 bridgehead atoms. The molecule has 2 aromatic rings. The Bertz CT molecular complexity index is 488. The van der Waals surface area contributed by atoms with E-state index in [2.05, 4.69) is 4.98 Å². The molecule has 2 rings (SSSR count). The van der Waals surface area contributed by atoms with E-state index in [0.717, 1.165) is 5.56 Å². The number of anilines is 1. The monoisotopic (exact) mass is 234 g/mol. The second kappa shape index (κ2) is 4.86. The summed E-state index contributed by atoms with van der Waals surface area (Å²) in [6.45, 7) is 0.405. The Labute approximate surface area is 98.8 Å². The molecular weight excluding hydrogens is 224 g/mol. The largest absolute Gasteiger partial charge is 0.487 e. The highest BCUT2D eigenvalue weighted by Crippen LogP contribution is 2.24. The number of hydrogen-bond donors (Lipinski definition) is 1. The summed E-state index contributed by atoms with van der Waals surface area (Å²) in [5, 5.41) is 0.597. The van der Waals surface area contributed by atoms with Crippen LogP contribution in [0.5, 0.6) is 5.75 Å². The van der Waals surface area contributed by atoms with Crippen LogP contribution in [0.4, 0.5) is 5.69 Å². The van der Waals surface area contributed by atoms with Gasteiger partial charge in [-0.25, -0.2) is 0 Å². The predicted molar refractivity (Wildman–Crippen MR) is 64.4 cm³/mol. The highest BCUT2D eigenvalue weighted by Gasteiger charge is 2.00. The Morgan fingerprint density at radius 1 is 1.25 bits per heavy atom. The van der Waals surface area contributed by atoms with Gasteiger partial charge >= 0.3 is 0 Å². The van der Waals surface area contributed by atoms with Crippen molar-refractivity contribution in [2.75, 3.05) is 5.73 Å². The van der Waals surface area contributed by atoms with Gasteiger partial charge in [-0.15, -0.1) is 0 Å². The molecule has 4 heteroatoms. The van der Waals surface area contributed by atoms with E-state index in [-0.39, 0.29) is 0 Å². The first kappa shape index (κ1) is 10.8. The summed E-state index contributed by atoms with van der Waals surface area (Å²) in [4.78, 5) is 3.98. The Kier molecular flexibility index (Phi) is 3.27. The van der Waals surface area contributed by atoms with Crippen molar-refractivity contribution in [1.29, 1.82) is 0 Å². The lowest BCUT2D eigenvalue weighted by atomic mass is 10.3. The molecule has 1 aromatic heterocycles. The van der Waals surface area contributed by atoms with Gasteiger partial charge in [0.25, 0.3) is 0 Å². The normalized spacial score (nSPS) is 10.1. The molecule has 1 aromatic carbocycles. The molecule has 0 unspecified atom stereocenters. The van der Waals surface area contributed by atoms with Crippen LogP contribution in [0.3, 0.4) is 0 Å². The number of nitrogen functional groups attached to an aromatic ring is 1. The maximum atomic E-state index is 5.96. The lowest BCUT2D eigenvalue weighted by Gasteiger charge is -2.07. The number of nitrogens with zero attached hydrogens (tertiary/aromatic N) is 1. The number of pyridine rings is 1. The van der Waals surface area contributed by atoms with Crippen molar-refractivity contribution >= 4 is 17.3 Å². The van der Waals surface area contributed by atoms with Crippen molar-refractivity contribution in [1.82, 2.24) is 4.98 Å². The minimum absolute atomic E-state index is 0.405. The molecule has 0 aliphatic heterocycles. The van der Waals surface area contributed by atoms with Crippen LogP contribution in [0, 0.1) is 0 Å². The third kappa shape index (κ3) is 2.64.